The van der Waals surface area contributed by atoms with Crippen molar-refractivity contribution in [3.05, 3.63) is 106 Å². The minimum absolute atomic E-state index is 0. The Balaban J connectivity index is 0.000000336. The molecule has 3 N–H and O–H groups in total. The first-order valence-corrected chi connectivity index (χ1v) is 26.1. The van der Waals surface area contributed by atoms with Gasteiger partial charge in [-0.15, -0.1) is 0 Å². The largest absolute Gasteiger partial charge is 1.00 e. The van der Waals surface area contributed by atoms with Crippen molar-refractivity contribution in [2.75, 3.05) is 64.2 Å². The molecule has 0 aliphatic carbocycles. The number of carbonyl (C=O) groups excluding carboxylic acids is 8. The van der Waals surface area contributed by atoms with E-state index in [0.717, 1.165) is 70.9 Å². The Morgan fingerprint density at radius 2 is 1.16 bits per heavy atom. The Hall–Kier alpha value is -7.26. The van der Waals surface area contributed by atoms with Gasteiger partial charge in [0.05, 0.1) is 49.9 Å². The van der Waals surface area contributed by atoms with E-state index >= 15 is 0 Å². The summed E-state index contributed by atoms with van der Waals surface area (Å²) in [6.07, 6.45) is 5.09. The van der Waals surface area contributed by atoms with Gasteiger partial charge in [0.1, 0.15) is 0 Å². The van der Waals surface area contributed by atoms with Crippen LogP contribution in [0.1, 0.15) is 109 Å². The van der Waals surface area contributed by atoms with Crippen LogP contribution in [0.3, 0.4) is 0 Å². The fourth-order valence-corrected chi connectivity index (χ4v) is 8.24. The van der Waals surface area contributed by atoms with Gasteiger partial charge in [0.15, 0.2) is 23.3 Å². The Bertz CT molecular complexity index is 2920. The number of methoxy groups -OCH3 is 2. The number of aldehydes is 1. The molecule has 3 radical (unpaired) electrons. The molecule has 4 aliphatic heterocycles. The number of nitrogens with zero attached hydrogens (tertiary/aromatic N) is 5. The second kappa shape index (κ2) is 34.4. The number of ketones is 1. The van der Waals surface area contributed by atoms with E-state index in [9.17, 15) is 33.6 Å². The molecule has 26 heteroatoms. The summed E-state index contributed by atoms with van der Waals surface area (Å²) in [5.41, 5.74) is 7.28. The van der Waals surface area contributed by atoms with Crippen LogP contribution in [0.2, 0.25) is 0 Å². The molecule has 24 nitrogen and oxygen atoms in total. The average Bonchev–Trinajstić information content (AvgIpc) is 4.51. The Morgan fingerprint density at radius 1 is 0.699 bits per heavy atom. The predicted molar refractivity (Wildman–Crippen MR) is 301 cm³/mol. The second-order valence-electron chi connectivity index (χ2n) is 19.2. The summed E-state index contributed by atoms with van der Waals surface area (Å²) in [7, 11) is 7.43. The molecule has 439 valence electrons. The topological polar surface area (TPSA) is 300 Å². The first kappa shape index (κ1) is 70.0. The number of likely N-dealkylation sites (tertiary alicyclic amines) is 1. The number of nitrogens with one attached hydrogen (secondary N) is 3. The van der Waals surface area contributed by atoms with E-state index in [4.69, 9.17) is 33.5 Å². The normalized spacial score (nSPS) is 16.9. The summed E-state index contributed by atoms with van der Waals surface area (Å²) in [6, 6.07) is 19.3. The first-order valence-electron chi connectivity index (χ1n) is 26.1. The molecule has 2 amide bonds. The molecule has 0 unspecified atom stereocenters. The van der Waals surface area contributed by atoms with Gasteiger partial charge in [-0.1, -0.05) is 12.1 Å². The van der Waals surface area contributed by atoms with Crippen LogP contribution >= 0.6 is 0 Å². The Labute approximate surface area is 506 Å². The third-order valence-corrected chi connectivity index (χ3v) is 12.1. The fraction of sp³-hybridized carbons (Fsp3) is 0.439. The van der Waals surface area contributed by atoms with Gasteiger partial charge in [0.25, 0.3) is 11.8 Å². The van der Waals surface area contributed by atoms with E-state index in [1.165, 1.54) is 21.0 Å². The molecule has 2 atom stereocenters. The van der Waals surface area contributed by atoms with Crippen LogP contribution in [0.25, 0.3) is 0 Å². The number of benzene rings is 2. The summed E-state index contributed by atoms with van der Waals surface area (Å²) in [6.45, 7) is 18.2. The Kier molecular flexibility index (Phi) is 29.0. The number of rotatable bonds is 16. The molecule has 6 heterocycles. The van der Waals surface area contributed by atoms with Crippen molar-refractivity contribution in [2.24, 2.45) is 9.98 Å². The summed E-state index contributed by atoms with van der Waals surface area (Å²) < 4.78 is 31.1. The number of fused-ring (bicyclic) bond motifs is 2. The van der Waals surface area contributed by atoms with Crippen molar-refractivity contribution in [2.45, 2.75) is 112 Å². The quantitative estimate of drug-likeness (QED) is 0.0360. The van der Waals surface area contributed by atoms with Crippen LogP contribution < -0.4 is 55.0 Å². The molecule has 4 aliphatic rings. The minimum atomic E-state index is -1.03. The van der Waals surface area contributed by atoms with Gasteiger partial charge in [-0.2, -0.15) is 0 Å². The molecule has 4 aromatic rings. The number of ether oxygens (including phenoxy) is 5. The number of amides is 2. The van der Waals surface area contributed by atoms with E-state index in [-0.39, 0.29) is 72.4 Å². The number of anilines is 2. The van der Waals surface area contributed by atoms with Crippen molar-refractivity contribution >= 4 is 78.6 Å². The zero-order valence-corrected chi connectivity index (χ0v) is 51.1. The van der Waals surface area contributed by atoms with Crippen molar-refractivity contribution in [3.8, 4) is 11.8 Å². The molecular weight excluding hydrogens is 1090 g/mol. The maximum Gasteiger partial charge on any atom is 1.00 e. The number of esters is 1. The third-order valence-electron chi connectivity index (χ3n) is 12.1. The number of hydrogen-bond donors (Lipinski definition) is 3. The molecular formula is C57H71BN8NaO16. The van der Waals surface area contributed by atoms with Crippen molar-refractivity contribution in [1.82, 2.24) is 20.2 Å². The summed E-state index contributed by atoms with van der Waals surface area (Å²) in [5, 5.41) is 9.22. The number of aromatic nitrogens is 2. The summed E-state index contributed by atoms with van der Waals surface area (Å²) >= 11 is 0. The van der Waals surface area contributed by atoms with Gasteiger partial charge in [-0.05, 0) is 102 Å². The van der Waals surface area contributed by atoms with Gasteiger partial charge in [-0.3, -0.25) is 43.7 Å². The first-order chi connectivity index (χ1) is 39.0. The molecule has 2 aromatic heterocycles. The number of aliphatic imine (C=N–C) groups is 2. The monoisotopic (exact) mass is 1160 g/mol. The van der Waals surface area contributed by atoms with Gasteiger partial charge < -0.3 is 52.3 Å². The Morgan fingerprint density at radius 3 is 1.51 bits per heavy atom. The minimum Gasteiger partial charge on any atom is -0.793 e. The molecule has 0 spiro atoms. The van der Waals surface area contributed by atoms with Crippen molar-refractivity contribution < 1.29 is 106 Å². The molecule has 0 bridgehead atoms. The van der Waals surface area contributed by atoms with Crippen molar-refractivity contribution in [3.63, 3.8) is 0 Å². The van der Waals surface area contributed by atoms with Crippen LogP contribution in [-0.2, 0) is 80.1 Å². The SMILES string of the molecule is CC(=O)C=O.CC(=O)OOC(C)=O.CCOC(=O)CN1CC[C@@](OC)(C(=O)Nc2ccc3c(c2)C(c2ccc(OC(C)C)nc2)=NC3)C1.CO[C@@]1(C(=O)Nc2ccc3c(c2)C(c2ccc(OC(C)C)nc2)=NC3)CCNC1.[B-]OC(C)=O.[Na+]. The van der Waals surface area contributed by atoms with Crippen LogP contribution in [0, 0.1) is 0 Å². The smallest absolute Gasteiger partial charge is 0.793 e. The molecule has 2 fully saturated rings. The molecule has 2 aromatic carbocycles. The molecule has 8 rings (SSSR count). The zero-order chi connectivity index (χ0) is 60.6. The molecule has 83 heavy (non-hydrogen) atoms. The number of Topliss-reactive ketones (excluding diaryl/α,β-unsaturated/α-hetero) is 1. The molecule has 0 saturated carbocycles. The van der Waals surface area contributed by atoms with Crippen LogP contribution in [0.15, 0.2) is 83.0 Å². The zero-order valence-electron chi connectivity index (χ0n) is 49.1. The predicted octanol–water partition coefficient (Wildman–Crippen LogP) is 1.79. The van der Waals surface area contributed by atoms with Crippen molar-refractivity contribution in [1.29, 1.82) is 0 Å². The van der Waals surface area contributed by atoms with Gasteiger partial charge in [-0.25, -0.2) is 29.3 Å². The summed E-state index contributed by atoms with van der Waals surface area (Å²) in [4.78, 5) is 113. The third kappa shape index (κ3) is 21.8. The maximum atomic E-state index is 13.3. The second-order valence-corrected chi connectivity index (χ2v) is 19.2. The van der Waals surface area contributed by atoms with Crippen LogP contribution in [-0.4, -0.2) is 159 Å². The maximum absolute atomic E-state index is 13.3. The van der Waals surface area contributed by atoms with Gasteiger partial charge in [0, 0.05) is 120 Å². The number of pyridine rings is 2. The van der Waals surface area contributed by atoms with Crippen LogP contribution in [0.5, 0.6) is 11.8 Å². The van der Waals surface area contributed by atoms with E-state index < -0.39 is 34.9 Å². The fourth-order valence-electron chi connectivity index (χ4n) is 8.24. The summed E-state index contributed by atoms with van der Waals surface area (Å²) in [5.74, 6) is -1.67. The van der Waals surface area contributed by atoms with Gasteiger partial charge in [0.2, 0.25) is 17.7 Å². The van der Waals surface area contributed by atoms with E-state index in [0.29, 0.717) is 69.6 Å². The van der Waals surface area contributed by atoms with E-state index in [2.05, 4.69) is 53.4 Å². The van der Waals surface area contributed by atoms with E-state index in [1.807, 2.05) is 93.3 Å². The average molecular weight is 1160 g/mol. The number of carbonyl (C=O) groups is 8. The van der Waals surface area contributed by atoms with E-state index in [1.54, 1.807) is 26.4 Å². The van der Waals surface area contributed by atoms with Crippen LogP contribution in [0.4, 0.5) is 11.4 Å². The molecule has 2 saturated heterocycles. The standard InChI is InChI=1S/C26H32N4O5.C22H26N4O3.C4H6O4.C3H4O2.C2H3BO2.Na/c1-5-34-23(31)15-30-11-10-26(16-30,33-4)25(32)29-20-8-6-18-13-28-24(21(18)12-20)19-7-9-22(27-14-19)35-17(2)3;1-14(2)29-19-7-5-16(12-24-19)20-18-10-17(6-4-15(18)11-25-20)26-21(27)22(28-3)8-9-23-13-22;1-3(5)7-8-4(2)6;1-3(5)2-4;1-2(4)5-3;/h6-9,12,14,17H,5,10-11,13,15-16H2,1-4H3,(H,29,32);4-7,10,12,14,23H,8-9,11,13H2,1-3H3,(H,26,27);1-2H3;2H,1H3;1H3;/q;;;;-1;+1/t26-;22-;;;;/m00..../s1. The van der Waals surface area contributed by atoms with Gasteiger partial charge >= 0.3 is 47.5 Å². The number of hydrogen-bond acceptors (Lipinski definition) is 22.